The van der Waals surface area contributed by atoms with E-state index in [1.165, 1.54) is 276 Å². The van der Waals surface area contributed by atoms with Crippen molar-refractivity contribution in [3.05, 3.63) is 36.5 Å². The quantitative estimate of drug-likeness (QED) is 0.0195. The first kappa shape index (κ1) is 80.2. The topological polar surface area (TPSA) is 111 Å². The van der Waals surface area contributed by atoms with Crippen LogP contribution in [0.2, 0.25) is 0 Å². The van der Waals surface area contributed by atoms with Crippen LogP contribution in [0.3, 0.4) is 0 Å². The summed E-state index contributed by atoms with van der Waals surface area (Å²) >= 11 is 0. The predicted molar refractivity (Wildman–Crippen MR) is 351 cm³/mol. The Kier molecular flexibility index (Phi) is 62.3. The number of likely N-dealkylation sites (N-methyl/N-ethyl adjacent to an activating group) is 1. The van der Waals surface area contributed by atoms with Crippen molar-refractivity contribution < 1.29 is 42.1 Å². The van der Waals surface area contributed by atoms with Crippen LogP contribution in [0.4, 0.5) is 0 Å². The van der Waals surface area contributed by atoms with Gasteiger partial charge in [0, 0.05) is 12.8 Å². The van der Waals surface area contributed by atoms with Gasteiger partial charge in [-0.05, 0) is 70.6 Å². The van der Waals surface area contributed by atoms with E-state index in [0.29, 0.717) is 17.4 Å². The summed E-state index contributed by atoms with van der Waals surface area (Å²) in [6.45, 7) is 4.27. The molecular formula is C72H138NO8P. The Hall–Kier alpha value is -1.77. The molecule has 0 N–H and O–H groups in total. The molecule has 0 aromatic carbocycles. The highest BCUT2D eigenvalue weighted by molar-refractivity contribution is 7.45. The molecule has 484 valence electrons. The van der Waals surface area contributed by atoms with Crippen LogP contribution >= 0.6 is 7.82 Å². The summed E-state index contributed by atoms with van der Waals surface area (Å²) in [7, 11) is 1.18. The zero-order chi connectivity index (χ0) is 59.8. The number of ether oxygens (including phenoxy) is 2. The van der Waals surface area contributed by atoms with Crippen molar-refractivity contribution in [2.24, 2.45) is 0 Å². The molecule has 2 unspecified atom stereocenters. The van der Waals surface area contributed by atoms with Gasteiger partial charge < -0.3 is 27.9 Å². The van der Waals surface area contributed by atoms with Crippen LogP contribution in [0.1, 0.15) is 361 Å². The lowest BCUT2D eigenvalue weighted by Crippen LogP contribution is -2.37. The molecule has 0 heterocycles. The second-order valence-corrected chi connectivity index (χ2v) is 27.0. The number of carbonyl (C=O) groups excluding carboxylic acids is 2. The Morgan fingerprint density at radius 3 is 1.00 bits per heavy atom. The number of quaternary nitrogens is 1. The van der Waals surface area contributed by atoms with Gasteiger partial charge in [-0.1, -0.05) is 314 Å². The van der Waals surface area contributed by atoms with Crippen molar-refractivity contribution >= 4 is 19.8 Å². The molecule has 0 bridgehead atoms. The van der Waals surface area contributed by atoms with Gasteiger partial charge >= 0.3 is 11.9 Å². The second kappa shape index (κ2) is 63.7. The zero-order valence-electron chi connectivity index (χ0n) is 55.2. The number of carbonyl (C=O) groups is 2. The van der Waals surface area contributed by atoms with Gasteiger partial charge in [-0.3, -0.25) is 14.2 Å². The number of phosphoric acid groups is 1. The maximum Gasteiger partial charge on any atom is 0.306 e. The first-order valence-corrected chi connectivity index (χ1v) is 37.2. The Bertz CT molecular complexity index is 1480. The highest BCUT2D eigenvalue weighted by atomic mass is 31.2. The lowest BCUT2D eigenvalue weighted by Gasteiger charge is -2.28. The Labute approximate surface area is 510 Å². The fourth-order valence-corrected chi connectivity index (χ4v) is 11.4. The van der Waals surface area contributed by atoms with E-state index in [0.717, 1.165) is 51.4 Å². The molecule has 82 heavy (non-hydrogen) atoms. The monoisotopic (exact) mass is 1180 g/mol. The smallest absolute Gasteiger partial charge is 0.306 e. The Morgan fingerprint density at radius 2 is 0.659 bits per heavy atom. The Morgan fingerprint density at radius 1 is 0.378 bits per heavy atom. The molecule has 0 fully saturated rings. The van der Waals surface area contributed by atoms with Crippen molar-refractivity contribution in [3.63, 3.8) is 0 Å². The molecule has 0 rings (SSSR count). The minimum Gasteiger partial charge on any atom is -0.756 e. The lowest BCUT2D eigenvalue weighted by atomic mass is 10.0. The highest BCUT2D eigenvalue weighted by Gasteiger charge is 2.22. The number of hydrogen-bond donors (Lipinski definition) is 0. The maximum absolute atomic E-state index is 12.8. The van der Waals surface area contributed by atoms with Gasteiger partial charge in [-0.2, -0.15) is 0 Å². The van der Waals surface area contributed by atoms with Crippen molar-refractivity contribution in [1.29, 1.82) is 0 Å². The van der Waals surface area contributed by atoms with Gasteiger partial charge in [0.25, 0.3) is 7.82 Å². The lowest BCUT2D eigenvalue weighted by molar-refractivity contribution is -0.870. The number of esters is 2. The summed E-state index contributed by atoms with van der Waals surface area (Å²) in [5.41, 5.74) is 0. The van der Waals surface area contributed by atoms with Crippen LogP contribution < -0.4 is 4.89 Å². The third-order valence-corrected chi connectivity index (χ3v) is 17.1. The molecule has 2 atom stereocenters. The summed E-state index contributed by atoms with van der Waals surface area (Å²) < 4.78 is 34.3. The maximum atomic E-state index is 12.8. The summed E-state index contributed by atoms with van der Waals surface area (Å²) in [6.07, 6.45) is 81.1. The van der Waals surface area contributed by atoms with E-state index in [4.69, 9.17) is 18.5 Å². The van der Waals surface area contributed by atoms with Crippen LogP contribution in [-0.4, -0.2) is 70.0 Å². The fraction of sp³-hybridized carbons (Fsp3) is 0.889. The average Bonchev–Trinajstić information content (AvgIpc) is 3.46. The number of rotatable bonds is 67. The molecular weight excluding hydrogens is 1040 g/mol. The van der Waals surface area contributed by atoms with Crippen molar-refractivity contribution in [3.8, 4) is 0 Å². The normalized spacial score (nSPS) is 13.3. The molecule has 0 aliphatic carbocycles. The molecule has 0 amide bonds. The van der Waals surface area contributed by atoms with E-state index in [2.05, 4.69) is 50.3 Å². The summed E-state index contributed by atoms with van der Waals surface area (Å²) in [6, 6.07) is 0. The van der Waals surface area contributed by atoms with E-state index in [1.54, 1.807) is 0 Å². The number of hydrogen-bond acceptors (Lipinski definition) is 8. The van der Waals surface area contributed by atoms with E-state index in [-0.39, 0.29) is 32.0 Å². The van der Waals surface area contributed by atoms with Gasteiger partial charge in [0.2, 0.25) is 0 Å². The third-order valence-electron chi connectivity index (χ3n) is 16.1. The number of nitrogens with zero attached hydrogens (tertiary/aromatic N) is 1. The first-order valence-electron chi connectivity index (χ1n) is 35.7. The van der Waals surface area contributed by atoms with Crippen molar-refractivity contribution in [2.75, 3.05) is 47.5 Å². The van der Waals surface area contributed by atoms with Crippen molar-refractivity contribution in [2.45, 2.75) is 367 Å². The van der Waals surface area contributed by atoms with Gasteiger partial charge in [0.1, 0.15) is 19.8 Å². The summed E-state index contributed by atoms with van der Waals surface area (Å²) in [4.78, 5) is 38.0. The third kappa shape index (κ3) is 67.4. The molecule has 0 aliphatic heterocycles. The van der Waals surface area contributed by atoms with Crippen LogP contribution in [0.25, 0.3) is 0 Å². The summed E-state index contributed by atoms with van der Waals surface area (Å²) in [5, 5.41) is 0. The first-order chi connectivity index (χ1) is 40.0. The fourth-order valence-electron chi connectivity index (χ4n) is 10.6. The van der Waals surface area contributed by atoms with Crippen LogP contribution in [0.5, 0.6) is 0 Å². The van der Waals surface area contributed by atoms with Gasteiger partial charge in [0.15, 0.2) is 6.10 Å². The van der Waals surface area contributed by atoms with Crippen LogP contribution in [0.15, 0.2) is 36.5 Å². The average molecular weight is 1180 g/mol. The van der Waals surface area contributed by atoms with Crippen LogP contribution in [0, 0.1) is 0 Å². The SMILES string of the molecule is CCCCC/C=C\C/C=C\CCCCCCCCCCCC(=O)OC(COC(=O)CCCCCCCCCCCCCCCCCCCCCCCCCCCCC/C=C\CCCCCCCCCC)COP(=O)([O-])OCC[N+](C)(C)C. The molecule has 0 aliphatic rings. The molecule has 0 spiro atoms. The van der Waals surface area contributed by atoms with Crippen molar-refractivity contribution in [1.82, 2.24) is 0 Å². The van der Waals surface area contributed by atoms with E-state index >= 15 is 0 Å². The molecule has 0 saturated heterocycles. The van der Waals surface area contributed by atoms with E-state index in [1.807, 2.05) is 21.1 Å². The molecule has 0 aromatic rings. The van der Waals surface area contributed by atoms with Crippen LogP contribution in [-0.2, 0) is 32.7 Å². The molecule has 0 saturated carbocycles. The molecule has 9 nitrogen and oxygen atoms in total. The second-order valence-electron chi connectivity index (χ2n) is 25.6. The number of unbranched alkanes of at least 4 members (excludes halogenated alkanes) is 47. The standard InChI is InChI=1S/C72H138NO8P/c1-6-8-10-12-14-16-18-20-22-24-26-27-28-29-30-31-32-33-34-35-36-37-38-39-40-41-42-43-44-45-47-48-50-52-54-56-58-60-62-64-71(74)78-68-70(69-80-82(76,77)79-67-66-73(3,4)5)81-72(75)65-63-61-59-57-55-53-51-49-46-25-23-21-19-17-15-13-11-9-7-2/h15,17,21,23-24,26,70H,6-14,16,18-20,22,25,27-69H2,1-5H3/b17-15-,23-21-,26-24-. The minimum atomic E-state index is -4.64. The predicted octanol–water partition coefficient (Wildman–Crippen LogP) is 22.4. The van der Waals surface area contributed by atoms with Gasteiger partial charge in [0.05, 0.1) is 27.7 Å². The summed E-state index contributed by atoms with van der Waals surface area (Å²) in [5.74, 6) is -0.820. The zero-order valence-corrected chi connectivity index (χ0v) is 56.1. The van der Waals surface area contributed by atoms with Gasteiger partial charge in [-0.15, -0.1) is 0 Å². The molecule has 10 heteroatoms. The molecule has 0 aromatic heterocycles. The molecule has 0 radical (unpaired) electrons. The Balaban J connectivity index is 3.88. The van der Waals surface area contributed by atoms with E-state index in [9.17, 15) is 19.0 Å². The highest BCUT2D eigenvalue weighted by Crippen LogP contribution is 2.38. The van der Waals surface area contributed by atoms with Gasteiger partial charge in [-0.25, -0.2) is 0 Å². The largest absolute Gasteiger partial charge is 0.756 e. The minimum absolute atomic E-state index is 0.0297. The number of allylic oxidation sites excluding steroid dienone is 6. The number of phosphoric ester groups is 1. The van der Waals surface area contributed by atoms with E-state index < -0.39 is 26.5 Å².